The number of carbonyl (C=O) groups excluding carboxylic acids is 1. The van der Waals surface area contributed by atoms with E-state index >= 15 is 0 Å². The number of aromatic carboxylic acids is 1. The van der Waals surface area contributed by atoms with Gasteiger partial charge in [-0.3, -0.25) is 4.79 Å². The highest BCUT2D eigenvalue weighted by atomic mass is 32.1. The first-order valence-electron chi connectivity index (χ1n) is 9.00. The summed E-state index contributed by atoms with van der Waals surface area (Å²) in [6, 6.07) is 15.1. The molecular formula is C23H23NO3S. The lowest BCUT2D eigenvalue weighted by Gasteiger charge is -2.19. The van der Waals surface area contributed by atoms with Gasteiger partial charge in [0.05, 0.1) is 0 Å². The highest BCUT2D eigenvalue weighted by molar-refractivity contribution is 7.15. The van der Waals surface area contributed by atoms with Gasteiger partial charge >= 0.3 is 5.97 Å². The second kappa shape index (κ2) is 7.60. The fourth-order valence-electron chi connectivity index (χ4n) is 2.90. The Hall–Kier alpha value is -2.92. The van der Waals surface area contributed by atoms with E-state index in [9.17, 15) is 14.7 Å². The topological polar surface area (TPSA) is 66.4 Å². The van der Waals surface area contributed by atoms with Gasteiger partial charge < -0.3 is 10.4 Å². The van der Waals surface area contributed by atoms with Gasteiger partial charge in [-0.15, -0.1) is 11.3 Å². The lowest BCUT2D eigenvalue weighted by atomic mass is 9.87. The van der Waals surface area contributed by atoms with Crippen LogP contribution in [0.2, 0.25) is 0 Å². The molecule has 5 heteroatoms. The Morgan fingerprint density at radius 1 is 0.964 bits per heavy atom. The van der Waals surface area contributed by atoms with E-state index in [1.54, 1.807) is 17.5 Å². The SMILES string of the molecule is Cc1ccc(-c2csc(NC(=O)c3ccc(C(C)(C)C)cc3)c2C(=O)O)cc1. The van der Waals surface area contributed by atoms with E-state index in [1.165, 1.54) is 11.3 Å². The normalized spacial score (nSPS) is 11.3. The average Bonchev–Trinajstić information content (AvgIpc) is 3.05. The molecule has 0 aliphatic heterocycles. The monoisotopic (exact) mass is 393 g/mol. The molecule has 0 saturated heterocycles. The number of hydrogen-bond donors (Lipinski definition) is 2. The van der Waals surface area contributed by atoms with Crippen molar-refractivity contribution in [1.29, 1.82) is 0 Å². The number of aryl methyl sites for hydroxylation is 1. The minimum Gasteiger partial charge on any atom is -0.478 e. The van der Waals surface area contributed by atoms with Gasteiger partial charge in [-0.25, -0.2) is 4.79 Å². The minimum atomic E-state index is -1.06. The van der Waals surface area contributed by atoms with Crippen molar-refractivity contribution in [3.63, 3.8) is 0 Å². The van der Waals surface area contributed by atoms with E-state index in [0.717, 1.165) is 16.7 Å². The van der Waals surface area contributed by atoms with E-state index in [0.29, 0.717) is 16.1 Å². The molecule has 2 N–H and O–H groups in total. The first-order chi connectivity index (χ1) is 13.2. The van der Waals surface area contributed by atoms with Crippen molar-refractivity contribution >= 4 is 28.2 Å². The molecule has 0 saturated carbocycles. The van der Waals surface area contributed by atoms with Crippen molar-refractivity contribution in [1.82, 2.24) is 0 Å². The Labute approximate surface area is 168 Å². The van der Waals surface area contributed by atoms with Crippen LogP contribution in [0.25, 0.3) is 11.1 Å². The number of carboxylic acid groups (broad SMARTS) is 1. The Morgan fingerprint density at radius 2 is 1.57 bits per heavy atom. The molecule has 144 valence electrons. The van der Waals surface area contributed by atoms with Crippen LogP contribution >= 0.6 is 11.3 Å². The quantitative estimate of drug-likeness (QED) is 0.574. The van der Waals surface area contributed by atoms with Crippen LogP contribution in [0.1, 0.15) is 52.6 Å². The zero-order valence-corrected chi connectivity index (χ0v) is 17.2. The lowest BCUT2D eigenvalue weighted by molar-refractivity contribution is 0.0699. The largest absolute Gasteiger partial charge is 0.478 e. The van der Waals surface area contributed by atoms with Crippen molar-refractivity contribution in [2.45, 2.75) is 33.1 Å². The molecule has 1 heterocycles. The summed E-state index contributed by atoms with van der Waals surface area (Å²) in [5, 5.41) is 14.6. The summed E-state index contributed by atoms with van der Waals surface area (Å²) in [6.45, 7) is 8.31. The third kappa shape index (κ3) is 4.15. The minimum absolute atomic E-state index is 0.00216. The van der Waals surface area contributed by atoms with Gasteiger partial charge in [-0.05, 0) is 35.6 Å². The fourth-order valence-corrected chi connectivity index (χ4v) is 3.86. The van der Waals surface area contributed by atoms with Crippen molar-refractivity contribution in [2.24, 2.45) is 0 Å². The first-order valence-corrected chi connectivity index (χ1v) is 9.88. The van der Waals surface area contributed by atoms with E-state index < -0.39 is 5.97 Å². The summed E-state index contributed by atoms with van der Waals surface area (Å²) in [5.41, 5.74) is 4.27. The summed E-state index contributed by atoms with van der Waals surface area (Å²) in [5.74, 6) is -1.38. The molecule has 0 aliphatic carbocycles. The van der Waals surface area contributed by atoms with Gasteiger partial charge in [0, 0.05) is 16.5 Å². The van der Waals surface area contributed by atoms with Gasteiger partial charge in [0.15, 0.2) is 0 Å². The molecule has 1 amide bonds. The molecule has 4 nitrogen and oxygen atoms in total. The molecule has 28 heavy (non-hydrogen) atoms. The van der Waals surface area contributed by atoms with Crippen LogP contribution in [-0.2, 0) is 5.41 Å². The fraction of sp³-hybridized carbons (Fsp3) is 0.217. The van der Waals surface area contributed by atoms with Crippen molar-refractivity contribution in [3.05, 3.63) is 76.2 Å². The third-order valence-electron chi connectivity index (χ3n) is 4.61. The Bertz CT molecular complexity index is 1010. The molecule has 0 unspecified atom stereocenters. The van der Waals surface area contributed by atoms with Crippen molar-refractivity contribution in [2.75, 3.05) is 5.32 Å². The zero-order valence-electron chi connectivity index (χ0n) is 16.4. The molecule has 0 atom stereocenters. The van der Waals surface area contributed by atoms with E-state index in [-0.39, 0.29) is 16.9 Å². The Morgan fingerprint density at radius 3 is 2.11 bits per heavy atom. The maximum Gasteiger partial charge on any atom is 0.339 e. The van der Waals surface area contributed by atoms with Crippen LogP contribution in [0.5, 0.6) is 0 Å². The van der Waals surface area contributed by atoms with Gasteiger partial charge in [0.1, 0.15) is 10.6 Å². The van der Waals surface area contributed by atoms with Crippen LogP contribution < -0.4 is 5.32 Å². The summed E-state index contributed by atoms with van der Waals surface area (Å²) < 4.78 is 0. The molecule has 3 rings (SSSR count). The number of hydrogen-bond acceptors (Lipinski definition) is 3. The van der Waals surface area contributed by atoms with Crippen LogP contribution in [0.3, 0.4) is 0 Å². The lowest BCUT2D eigenvalue weighted by Crippen LogP contribution is -2.15. The Balaban J connectivity index is 1.89. The zero-order chi connectivity index (χ0) is 20.5. The van der Waals surface area contributed by atoms with Gasteiger partial charge in [0.2, 0.25) is 0 Å². The predicted molar refractivity (Wildman–Crippen MR) is 115 cm³/mol. The number of carboxylic acids is 1. The molecule has 0 radical (unpaired) electrons. The predicted octanol–water partition coefficient (Wildman–Crippen LogP) is 5.97. The van der Waals surface area contributed by atoms with Gasteiger partial charge in [-0.2, -0.15) is 0 Å². The summed E-state index contributed by atoms with van der Waals surface area (Å²) >= 11 is 1.22. The summed E-state index contributed by atoms with van der Waals surface area (Å²) in [4.78, 5) is 24.5. The summed E-state index contributed by atoms with van der Waals surface area (Å²) in [7, 11) is 0. The molecule has 0 spiro atoms. The second-order valence-corrected chi connectivity index (χ2v) is 8.69. The number of rotatable bonds is 4. The van der Waals surface area contributed by atoms with Crippen LogP contribution in [0.4, 0.5) is 5.00 Å². The van der Waals surface area contributed by atoms with Crippen LogP contribution in [0.15, 0.2) is 53.9 Å². The van der Waals surface area contributed by atoms with E-state index in [1.807, 2.05) is 43.3 Å². The van der Waals surface area contributed by atoms with E-state index in [4.69, 9.17) is 0 Å². The first kappa shape index (κ1) is 19.8. The van der Waals surface area contributed by atoms with Gasteiger partial charge in [0.25, 0.3) is 5.91 Å². The number of anilines is 1. The molecular weight excluding hydrogens is 370 g/mol. The van der Waals surface area contributed by atoms with Gasteiger partial charge in [-0.1, -0.05) is 62.7 Å². The number of amides is 1. The maximum absolute atomic E-state index is 12.6. The highest BCUT2D eigenvalue weighted by Crippen LogP contribution is 2.36. The standard InChI is InChI=1S/C23H23NO3S/c1-14-5-7-15(8-6-14)18-13-28-21(19(18)22(26)27)24-20(25)16-9-11-17(12-10-16)23(2,3)4/h5-13H,1-4H3,(H,24,25)(H,26,27). The molecule has 2 aromatic carbocycles. The third-order valence-corrected chi connectivity index (χ3v) is 5.50. The van der Waals surface area contributed by atoms with Crippen molar-refractivity contribution in [3.8, 4) is 11.1 Å². The maximum atomic E-state index is 12.6. The van der Waals surface area contributed by atoms with E-state index in [2.05, 4.69) is 26.1 Å². The smallest absolute Gasteiger partial charge is 0.339 e. The molecule has 1 aromatic heterocycles. The second-order valence-electron chi connectivity index (χ2n) is 7.81. The molecule has 3 aromatic rings. The number of thiophene rings is 1. The number of carbonyl (C=O) groups is 2. The average molecular weight is 394 g/mol. The number of benzene rings is 2. The molecule has 0 fully saturated rings. The molecule has 0 bridgehead atoms. The van der Waals surface area contributed by atoms with Crippen LogP contribution in [-0.4, -0.2) is 17.0 Å². The molecule has 0 aliphatic rings. The van der Waals surface area contributed by atoms with Crippen molar-refractivity contribution < 1.29 is 14.7 Å². The number of nitrogens with one attached hydrogen (secondary N) is 1. The highest BCUT2D eigenvalue weighted by Gasteiger charge is 2.22. The van der Waals surface area contributed by atoms with Crippen LogP contribution in [0, 0.1) is 6.92 Å². The summed E-state index contributed by atoms with van der Waals surface area (Å²) in [6.07, 6.45) is 0. The Kier molecular flexibility index (Phi) is 5.38.